The molecule has 2 aliphatic heterocycles. The zero-order valence-electron chi connectivity index (χ0n) is 10.0. The lowest BCUT2D eigenvalue weighted by Gasteiger charge is -2.25. The first-order valence-electron chi connectivity index (χ1n) is 6.26. The zero-order valence-corrected chi connectivity index (χ0v) is 10.0. The minimum atomic E-state index is 0.500. The molecule has 1 N–H and O–H groups in total. The number of ether oxygens (including phenoxy) is 1. The van der Waals surface area contributed by atoms with Crippen molar-refractivity contribution in [1.82, 2.24) is 10.2 Å². The van der Waals surface area contributed by atoms with E-state index in [1.54, 1.807) is 0 Å². The van der Waals surface area contributed by atoms with Crippen LogP contribution in [0.5, 0.6) is 0 Å². The van der Waals surface area contributed by atoms with Gasteiger partial charge in [-0.3, -0.25) is 0 Å². The number of hydrogen-bond acceptors (Lipinski definition) is 3. The Morgan fingerprint density at radius 2 is 2.20 bits per heavy atom. The minimum Gasteiger partial charge on any atom is -0.377 e. The van der Waals surface area contributed by atoms with E-state index < -0.39 is 0 Å². The molecule has 0 bridgehead atoms. The topological polar surface area (TPSA) is 24.5 Å². The zero-order chi connectivity index (χ0) is 10.7. The van der Waals surface area contributed by atoms with Crippen LogP contribution in [0.2, 0.25) is 0 Å². The Hall–Kier alpha value is -0.120. The second-order valence-corrected chi connectivity index (χ2v) is 5.25. The van der Waals surface area contributed by atoms with Gasteiger partial charge in [-0.05, 0) is 44.8 Å². The lowest BCUT2D eigenvalue weighted by molar-refractivity contribution is 0.0757. The van der Waals surface area contributed by atoms with Crippen LogP contribution in [0.4, 0.5) is 0 Å². The number of likely N-dealkylation sites (N-methyl/N-ethyl adjacent to an activating group) is 1. The van der Waals surface area contributed by atoms with Crippen molar-refractivity contribution in [2.24, 2.45) is 11.8 Å². The van der Waals surface area contributed by atoms with E-state index in [4.69, 9.17) is 4.74 Å². The Bertz CT molecular complexity index is 192. The molecule has 2 heterocycles. The molecule has 0 aromatic heterocycles. The van der Waals surface area contributed by atoms with Gasteiger partial charge in [0, 0.05) is 19.7 Å². The largest absolute Gasteiger partial charge is 0.377 e. The quantitative estimate of drug-likeness (QED) is 0.751. The third-order valence-electron chi connectivity index (χ3n) is 3.76. The van der Waals surface area contributed by atoms with Gasteiger partial charge in [0.1, 0.15) is 0 Å². The van der Waals surface area contributed by atoms with E-state index in [9.17, 15) is 0 Å². The summed E-state index contributed by atoms with van der Waals surface area (Å²) in [5, 5.41) is 3.46. The summed E-state index contributed by atoms with van der Waals surface area (Å²) in [5.74, 6) is 1.66. The van der Waals surface area contributed by atoms with Gasteiger partial charge in [0.2, 0.25) is 0 Å². The lowest BCUT2D eigenvalue weighted by Crippen LogP contribution is -2.34. The molecule has 2 aliphatic rings. The first kappa shape index (κ1) is 11.4. The highest BCUT2D eigenvalue weighted by Crippen LogP contribution is 2.18. The molecule has 1 unspecified atom stereocenters. The van der Waals surface area contributed by atoms with Gasteiger partial charge in [-0.1, -0.05) is 6.92 Å². The van der Waals surface area contributed by atoms with Crippen molar-refractivity contribution < 1.29 is 4.74 Å². The molecule has 0 saturated carbocycles. The summed E-state index contributed by atoms with van der Waals surface area (Å²) in [6, 6.07) is 0. The van der Waals surface area contributed by atoms with Gasteiger partial charge in [-0.15, -0.1) is 0 Å². The van der Waals surface area contributed by atoms with E-state index in [2.05, 4.69) is 24.2 Å². The smallest absolute Gasteiger partial charge is 0.0702 e. The Kier molecular flexibility index (Phi) is 4.00. The molecule has 0 spiro atoms. The molecular formula is C12H24N2O. The van der Waals surface area contributed by atoms with Crippen LogP contribution in [0.3, 0.4) is 0 Å². The SMILES string of the molecule is C[C@@H]1CNC[C@H]1CN(C)CC1CCCO1. The van der Waals surface area contributed by atoms with Gasteiger partial charge >= 0.3 is 0 Å². The maximum Gasteiger partial charge on any atom is 0.0702 e. The van der Waals surface area contributed by atoms with Crippen molar-refractivity contribution in [2.75, 3.05) is 39.8 Å². The first-order valence-corrected chi connectivity index (χ1v) is 6.26. The van der Waals surface area contributed by atoms with E-state index in [1.807, 2.05) is 0 Å². The Labute approximate surface area is 93.2 Å². The third-order valence-corrected chi connectivity index (χ3v) is 3.76. The summed E-state index contributed by atoms with van der Waals surface area (Å²) >= 11 is 0. The van der Waals surface area contributed by atoms with Crippen LogP contribution in [0.25, 0.3) is 0 Å². The summed E-state index contributed by atoms with van der Waals surface area (Å²) in [5.41, 5.74) is 0. The second-order valence-electron chi connectivity index (χ2n) is 5.25. The van der Waals surface area contributed by atoms with Crippen molar-refractivity contribution in [3.8, 4) is 0 Å². The van der Waals surface area contributed by atoms with Crippen molar-refractivity contribution in [2.45, 2.75) is 25.9 Å². The predicted molar refractivity (Wildman–Crippen MR) is 62.0 cm³/mol. The highest BCUT2D eigenvalue weighted by Gasteiger charge is 2.25. The second kappa shape index (κ2) is 5.28. The van der Waals surface area contributed by atoms with Crippen LogP contribution in [-0.4, -0.2) is 50.8 Å². The summed E-state index contributed by atoms with van der Waals surface area (Å²) in [6.07, 6.45) is 3.00. The van der Waals surface area contributed by atoms with Gasteiger partial charge in [-0.2, -0.15) is 0 Å². The maximum atomic E-state index is 5.66. The van der Waals surface area contributed by atoms with Crippen molar-refractivity contribution in [3.05, 3.63) is 0 Å². The van der Waals surface area contributed by atoms with Crippen LogP contribution in [-0.2, 0) is 4.74 Å². The molecule has 2 fully saturated rings. The van der Waals surface area contributed by atoms with Crippen molar-refractivity contribution >= 4 is 0 Å². The fourth-order valence-electron chi connectivity index (χ4n) is 2.72. The molecule has 0 aromatic rings. The van der Waals surface area contributed by atoms with Gasteiger partial charge in [0.05, 0.1) is 6.10 Å². The summed E-state index contributed by atoms with van der Waals surface area (Å²) in [6.45, 7) is 8.04. The molecule has 2 rings (SSSR count). The number of hydrogen-bond donors (Lipinski definition) is 1. The fourth-order valence-corrected chi connectivity index (χ4v) is 2.72. The van der Waals surface area contributed by atoms with Crippen LogP contribution >= 0.6 is 0 Å². The number of rotatable bonds is 4. The number of nitrogens with one attached hydrogen (secondary N) is 1. The molecule has 0 aliphatic carbocycles. The van der Waals surface area contributed by atoms with Gasteiger partial charge < -0.3 is 15.0 Å². The Balaban J connectivity index is 1.69. The maximum absolute atomic E-state index is 5.66. The standard InChI is InChI=1S/C12H24N2O/c1-10-6-13-7-11(10)8-14(2)9-12-4-3-5-15-12/h10-13H,3-9H2,1-2H3/t10-,11+,12?/m1/s1. The van der Waals surface area contributed by atoms with E-state index in [0.29, 0.717) is 6.10 Å². The predicted octanol–water partition coefficient (Wildman–Crippen LogP) is 0.953. The molecule has 3 heteroatoms. The van der Waals surface area contributed by atoms with Crippen LogP contribution in [0.15, 0.2) is 0 Å². The minimum absolute atomic E-state index is 0.500. The van der Waals surface area contributed by atoms with Crippen LogP contribution < -0.4 is 5.32 Å². The Morgan fingerprint density at radius 1 is 1.33 bits per heavy atom. The van der Waals surface area contributed by atoms with Crippen molar-refractivity contribution in [3.63, 3.8) is 0 Å². The van der Waals surface area contributed by atoms with Crippen LogP contribution in [0.1, 0.15) is 19.8 Å². The van der Waals surface area contributed by atoms with E-state index >= 15 is 0 Å². The van der Waals surface area contributed by atoms with E-state index in [0.717, 1.165) is 25.0 Å². The summed E-state index contributed by atoms with van der Waals surface area (Å²) in [4.78, 5) is 2.45. The molecule has 0 radical (unpaired) electrons. The molecular weight excluding hydrogens is 188 g/mol. The highest BCUT2D eigenvalue weighted by atomic mass is 16.5. The van der Waals surface area contributed by atoms with Crippen LogP contribution in [0, 0.1) is 11.8 Å². The molecule has 2 saturated heterocycles. The van der Waals surface area contributed by atoms with E-state index in [-0.39, 0.29) is 0 Å². The molecule has 3 nitrogen and oxygen atoms in total. The normalized spacial score (nSPS) is 36.6. The summed E-state index contributed by atoms with van der Waals surface area (Å²) < 4.78 is 5.66. The molecule has 88 valence electrons. The third kappa shape index (κ3) is 3.16. The number of nitrogens with zero attached hydrogens (tertiary/aromatic N) is 1. The lowest BCUT2D eigenvalue weighted by atomic mass is 9.97. The molecule has 3 atom stereocenters. The Morgan fingerprint density at radius 3 is 2.80 bits per heavy atom. The average Bonchev–Trinajstić information content (AvgIpc) is 2.79. The fraction of sp³-hybridized carbons (Fsp3) is 1.00. The summed E-state index contributed by atoms with van der Waals surface area (Å²) in [7, 11) is 2.23. The molecule has 0 aromatic carbocycles. The first-order chi connectivity index (χ1) is 7.25. The molecule has 15 heavy (non-hydrogen) atoms. The monoisotopic (exact) mass is 212 g/mol. The van der Waals surface area contributed by atoms with Gasteiger partial charge in [0.25, 0.3) is 0 Å². The molecule has 0 amide bonds. The van der Waals surface area contributed by atoms with Gasteiger partial charge in [-0.25, -0.2) is 0 Å². The highest BCUT2D eigenvalue weighted by molar-refractivity contribution is 4.81. The van der Waals surface area contributed by atoms with Gasteiger partial charge in [0.15, 0.2) is 0 Å². The average molecular weight is 212 g/mol. The van der Waals surface area contributed by atoms with E-state index in [1.165, 1.54) is 32.5 Å². The van der Waals surface area contributed by atoms with Crippen molar-refractivity contribution in [1.29, 1.82) is 0 Å².